The maximum absolute atomic E-state index is 8.12. The van der Waals surface area contributed by atoms with Gasteiger partial charge < -0.3 is 0 Å². The Labute approximate surface area is 34.5 Å². The van der Waals surface area contributed by atoms with Gasteiger partial charge in [0.15, 0.2) is 0 Å². The van der Waals surface area contributed by atoms with E-state index < -0.39 is 0 Å². The molecular formula is CAsO2. The first-order valence-electron chi connectivity index (χ1n) is 0.408. The van der Waals surface area contributed by atoms with Crippen molar-refractivity contribution in [1.82, 2.24) is 0 Å². The summed E-state index contributed by atoms with van der Waals surface area (Å²) in [6.45, 7) is 0. The molecule has 0 N–H and O–H groups in total. The number of hydrogen-bond acceptors (Lipinski definition) is 2. The van der Waals surface area contributed by atoms with E-state index in [1.807, 2.05) is 0 Å². The van der Waals surface area contributed by atoms with Gasteiger partial charge in [-0.2, -0.15) is 9.59 Å². The quantitative estimate of drug-likeness (QED) is 0.384. The van der Waals surface area contributed by atoms with Crippen LogP contribution in [0.15, 0.2) is 0 Å². The van der Waals surface area contributed by atoms with Crippen molar-refractivity contribution in [2.45, 2.75) is 0 Å². The minimum absolute atomic E-state index is 0. The van der Waals surface area contributed by atoms with E-state index in [0.717, 1.165) is 0 Å². The molecule has 0 atom stereocenters. The molecule has 0 aromatic carbocycles. The van der Waals surface area contributed by atoms with Crippen molar-refractivity contribution in [3.8, 4) is 0 Å². The molecule has 3 radical (unpaired) electrons. The summed E-state index contributed by atoms with van der Waals surface area (Å²) in [4.78, 5) is 16.2. The van der Waals surface area contributed by atoms with Crippen molar-refractivity contribution in [3.63, 3.8) is 0 Å². The summed E-state index contributed by atoms with van der Waals surface area (Å²) >= 11 is 0. The number of hydrogen-bond donors (Lipinski definition) is 0. The van der Waals surface area contributed by atoms with Crippen molar-refractivity contribution >= 4 is 24.1 Å². The fourth-order valence-electron chi connectivity index (χ4n) is 0. The molecule has 2 nitrogen and oxygen atoms in total. The average molecular weight is 119 g/mol. The molecule has 0 amide bonds. The third-order valence-electron chi connectivity index (χ3n) is 0. The summed E-state index contributed by atoms with van der Waals surface area (Å²) in [5, 5.41) is 0. The first-order valence-corrected chi connectivity index (χ1v) is 0.408. The van der Waals surface area contributed by atoms with E-state index in [9.17, 15) is 0 Å². The van der Waals surface area contributed by atoms with Crippen LogP contribution in [0.4, 0.5) is 0 Å². The summed E-state index contributed by atoms with van der Waals surface area (Å²) in [5.41, 5.74) is 0. The van der Waals surface area contributed by atoms with Gasteiger partial charge in [0.2, 0.25) is 0 Å². The predicted octanol–water partition coefficient (Wildman–Crippen LogP) is -0.964. The minimum Gasteiger partial charge on any atom is -0.186 e. The van der Waals surface area contributed by atoms with Crippen molar-refractivity contribution in [1.29, 1.82) is 0 Å². The Morgan fingerprint density at radius 3 is 1.25 bits per heavy atom. The van der Waals surface area contributed by atoms with Crippen LogP contribution in [0.2, 0.25) is 0 Å². The molecule has 0 saturated heterocycles. The molecule has 0 aliphatic rings. The smallest absolute Gasteiger partial charge is 0.186 e. The van der Waals surface area contributed by atoms with Crippen LogP contribution in [0.25, 0.3) is 0 Å². The van der Waals surface area contributed by atoms with Crippen LogP contribution in [-0.4, -0.2) is 24.1 Å². The summed E-state index contributed by atoms with van der Waals surface area (Å²) in [6.07, 6.45) is 0.250. The molecule has 0 aliphatic heterocycles. The second-order valence-electron chi connectivity index (χ2n) is 0.0833. The van der Waals surface area contributed by atoms with Crippen LogP contribution < -0.4 is 0 Å². The molecule has 0 unspecified atom stereocenters. The predicted molar refractivity (Wildman–Crippen MR) is 10.8 cm³/mol. The maximum Gasteiger partial charge on any atom is 0.373 e. The summed E-state index contributed by atoms with van der Waals surface area (Å²) in [6, 6.07) is 0. The molecule has 0 aromatic heterocycles. The van der Waals surface area contributed by atoms with Crippen molar-refractivity contribution < 1.29 is 9.59 Å². The Morgan fingerprint density at radius 2 is 1.25 bits per heavy atom. The van der Waals surface area contributed by atoms with Gasteiger partial charge in [0.05, 0.1) is 0 Å². The van der Waals surface area contributed by atoms with Crippen molar-refractivity contribution in [3.05, 3.63) is 0 Å². The van der Waals surface area contributed by atoms with E-state index in [-0.39, 0.29) is 24.1 Å². The van der Waals surface area contributed by atoms with Crippen LogP contribution >= 0.6 is 0 Å². The molecule has 0 aromatic rings. The molecule has 21 valence electrons. The Bertz CT molecular complexity index is 27.0. The zero-order valence-electron chi connectivity index (χ0n) is 1.76. The molecule has 4 heavy (non-hydrogen) atoms. The van der Waals surface area contributed by atoms with E-state index >= 15 is 0 Å². The molecule has 3 heteroatoms. The number of carbonyl (C=O) groups excluding carboxylic acids is 2. The Morgan fingerprint density at radius 1 is 1.25 bits per heavy atom. The minimum atomic E-state index is 0. The van der Waals surface area contributed by atoms with Crippen LogP contribution in [0.3, 0.4) is 0 Å². The first kappa shape index (κ1) is 9.05. The molecular weight excluding hydrogens is 119 g/mol. The second-order valence-corrected chi connectivity index (χ2v) is 0.0833. The van der Waals surface area contributed by atoms with Crippen LogP contribution in [-0.2, 0) is 9.59 Å². The van der Waals surface area contributed by atoms with Gasteiger partial charge in [-0.05, 0) is 0 Å². The fraction of sp³-hybridized carbons (Fsp3) is 0. The number of rotatable bonds is 0. The van der Waals surface area contributed by atoms with E-state index in [2.05, 4.69) is 0 Å². The van der Waals surface area contributed by atoms with Gasteiger partial charge >= 0.3 is 6.15 Å². The van der Waals surface area contributed by atoms with E-state index in [4.69, 9.17) is 9.59 Å². The SMILES string of the molecule is O=C=O.[As]. The monoisotopic (exact) mass is 119 g/mol. The zero-order valence-corrected chi connectivity index (χ0v) is 3.64. The van der Waals surface area contributed by atoms with Crippen molar-refractivity contribution in [2.24, 2.45) is 0 Å². The Balaban J connectivity index is 0. The van der Waals surface area contributed by atoms with Gasteiger partial charge in [-0.3, -0.25) is 0 Å². The van der Waals surface area contributed by atoms with Gasteiger partial charge in [-0.15, -0.1) is 0 Å². The topological polar surface area (TPSA) is 34.1 Å². The van der Waals surface area contributed by atoms with E-state index in [0.29, 0.717) is 0 Å². The van der Waals surface area contributed by atoms with Crippen LogP contribution in [0.1, 0.15) is 0 Å². The molecule has 0 aliphatic carbocycles. The third-order valence-corrected chi connectivity index (χ3v) is 0. The van der Waals surface area contributed by atoms with Crippen LogP contribution in [0, 0.1) is 0 Å². The van der Waals surface area contributed by atoms with Gasteiger partial charge in [0.25, 0.3) is 0 Å². The standard InChI is InChI=1S/CO2.As/c2-1-3;. The fourth-order valence-corrected chi connectivity index (χ4v) is 0. The third kappa shape index (κ3) is 450. The molecule has 0 saturated carbocycles. The Hall–Kier alpha value is -0.0616. The average Bonchev–Trinajstić information content (AvgIpc) is 0.918. The summed E-state index contributed by atoms with van der Waals surface area (Å²) in [5.74, 6) is 0. The van der Waals surface area contributed by atoms with E-state index in [1.165, 1.54) is 0 Å². The second kappa shape index (κ2) is 12.5. The van der Waals surface area contributed by atoms with Gasteiger partial charge in [-0.25, -0.2) is 0 Å². The molecule has 0 rings (SSSR count). The molecule has 0 spiro atoms. The van der Waals surface area contributed by atoms with Gasteiger partial charge in [0.1, 0.15) is 0 Å². The first-order chi connectivity index (χ1) is 1.41. The van der Waals surface area contributed by atoms with Gasteiger partial charge in [0, 0.05) is 18.0 Å². The van der Waals surface area contributed by atoms with Crippen LogP contribution in [0.5, 0.6) is 0 Å². The van der Waals surface area contributed by atoms with E-state index in [1.54, 1.807) is 0 Å². The zero-order chi connectivity index (χ0) is 2.71. The normalized spacial score (nSPS) is 2.00. The molecule has 0 fully saturated rings. The largest absolute Gasteiger partial charge is 0.373 e. The summed E-state index contributed by atoms with van der Waals surface area (Å²) in [7, 11) is 0. The summed E-state index contributed by atoms with van der Waals surface area (Å²) < 4.78 is 0. The van der Waals surface area contributed by atoms with Crippen molar-refractivity contribution in [2.75, 3.05) is 0 Å². The maximum atomic E-state index is 8.12. The Kier molecular flexibility index (Phi) is 28.4. The van der Waals surface area contributed by atoms with Gasteiger partial charge in [-0.1, -0.05) is 0 Å². The molecule has 0 heterocycles. The molecule has 0 bridgehead atoms.